The van der Waals surface area contributed by atoms with Crippen molar-refractivity contribution in [2.24, 2.45) is 23.5 Å². The van der Waals surface area contributed by atoms with Crippen LogP contribution in [0.1, 0.15) is 51.2 Å². The first-order chi connectivity index (χ1) is 43.9. The number of ether oxygens (including phenoxy) is 4. The van der Waals surface area contributed by atoms with Crippen LogP contribution in [-0.2, 0) is 100 Å². The van der Waals surface area contributed by atoms with Crippen LogP contribution < -0.4 is 54.2 Å². The monoisotopic (exact) mass is 1320 g/mol. The quantitative estimate of drug-likeness (QED) is 0.0324. The second-order valence-electron chi connectivity index (χ2n) is 22.6. The third-order valence-electron chi connectivity index (χ3n) is 16.0. The lowest BCUT2D eigenvalue weighted by molar-refractivity contribution is -0.144. The first kappa shape index (κ1) is 73.5. The molecule has 2 saturated heterocycles. The van der Waals surface area contributed by atoms with E-state index >= 15 is 4.21 Å². The fraction of sp³-hybridized carbons (Fsp3) is 0.661. The summed E-state index contributed by atoms with van der Waals surface area (Å²) in [5.74, 6) is -8.40. The number of rotatable bonds is 25. The number of aromatic hydroxyl groups is 1. The molecule has 6 rings (SSSR count). The molecule has 1 aromatic carbocycles. The van der Waals surface area contributed by atoms with Gasteiger partial charge in [-0.1, -0.05) is 27.2 Å². The van der Waals surface area contributed by atoms with Crippen LogP contribution in [0.5, 0.6) is 5.75 Å². The molecule has 4 aliphatic rings. The van der Waals surface area contributed by atoms with Crippen LogP contribution in [-0.4, -0.2) is 282 Å². The Morgan fingerprint density at radius 3 is 2.05 bits per heavy atom. The maximum Gasteiger partial charge on any atom is 0.248 e. The number of H-pyrrole nitrogens is 1. The number of amides is 11. The van der Waals surface area contributed by atoms with Gasteiger partial charge in [-0.25, -0.2) is 5.90 Å². The van der Waals surface area contributed by atoms with Gasteiger partial charge < -0.3 is 102 Å². The molecule has 17 N–H and O–H groups in total. The average molecular weight is 1320 g/mol. The van der Waals surface area contributed by atoms with Crippen molar-refractivity contribution in [2.75, 3.05) is 124 Å². The average Bonchev–Trinajstić information content (AvgIpc) is 1.61. The summed E-state index contributed by atoms with van der Waals surface area (Å²) in [6, 6.07) is -7.61. The second-order valence-corrected chi connectivity index (χ2v) is 24.0. The number of benzene rings is 1. The van der Waals surface area contributed by atoms with Gasteiger partial charge in [-0.15, -0.1) is 0 Å². The van der Waals surface area contributed by atoms with Crippen LogP contribution >= 0.6 is 0 Å². The largest absolute Gasteiger partial charge is 0.508 e. The van der Waals surface area contributed by atoms with E-state index in [0.29, 0.717) is 32.7 Å². The first-order valence-corrected chi connectivity index (χ1v) is 31.5. The molecule has 0 radical (unpaired) electrons. The molecule has 36 heteroatoms. The van der Waals surface area contributed by atoms with E-state index in [-0.39, 0.29) is 117 Å². The Bertz CT molecular complexity index is 2970. The number of piperazine rings is 1. The predicted molar refractivity (Wildman–Crippen MR) is 321 cm³/mol. The number of carbonyl (C=O) groups is 11. The maximum absolute atomic E-state index is 15.3. The smallest absolute Gasteiger partial charge is 0.248 e. The van der Waals surface area contributed by atoms with Crippen molar-refractivity contribution >= 4 is 86.7 Å². The van der Waals surface area contributed by atoms with Crippen molar-refractivity contribution in [1.29, 1.82) is 0 Å². The highest BCUT2D eigenvalue weighted by Gasteiger charge is 2.45. The molecule has 0 saturated carbocycles. The zero-order valence-electron chi connectivity index (χ0n) is 51.5. The fourth-order valence-electron chi connectivity index (χ4n) is 10.7. The normalized spacial score (nSPS) is 24.6. The van der Waals surface area contributed by atoms with Gasteiger partial charge in [0.15, 0.2) is 0 Å². The molecule has 2 bridgehead atoms. The Morgan fingerprint density at radius 2 is 1.41 bits per heavy atom. The Labute approximate surface area is 531 Å². The molecule has 512 valence electrons. The highest BCUT2D eigenvalue weighted by Crippen LogP contribution is 2.35. The van der Waals surface area contributed by atoms with E-state index in [0.717, 1.165) is 4.90 Å². The number of primary amides is 1. The Hall–Kier alpha value is -7.52. The van der Waals surface area contributed by atoms with Crippen LogP contribution in [0.2, 0.25) is 0 Å². The molecule has 11 atom stereocenters. The van der Waals surface area contributed by atoms with Gasteiger partial charge in [-0.3, -0.25) is 66.7 Å². The van der Waals surface area contributed by atoms with E-state index in [2.05, 4.69) is 52.4 Å². The van der Waals surface area contributed by atoms with Crippen molar-refractivity contribution in [2.45, 2.75) is 106 Å². The number of aliphatic hydroxyl groups excluding tert-OH is 3. The lowest BCUT2D eigenvalue weighted by Crippen LogP contribution is -2.62. The number of nitrogens with one attached hydrogen (secondary N) is 9. The van der Waals surface area contributed by atoms with Crippen molar-refractivity contribution in [1.82, 2.24) is 62.2 Å². The maximum atomic E-state index is 15.3. The zero-order chi connectivity index (χ0) is 67.2. The van der Waals surface area contributed by atoms with E-state index in [4.69, 9.17) is 30.6 Å². The number of phenols is 1. The van der Waals surface area contributed by atoms with Crippen LogP contribution in [0, 0.1) is 11.8 Å². The van der Waals surface area contributed by atoms with Gasteiger partial charge >= 0.3 is 0 Å². The molecular weight excluding hydrogens is 1240 g/mol. The summed E-state index contributed by atoms with van der Waals surface area (Å²) in [6.45, 7) is 4.15. The van der Waals surface area contributed by atoms with Gasteiger partial charge in [-0.2, -0.15) is 0 Å². The van der Waals surface area contributed by atoms with Crippen LogP contribution in [0.25, 0.3) is 10.9 Å². The van der Waals surface area contributed by atoms with Crippen LogP contribution in [0.15, 0.2) is 17.2 Å². The first-order valence-electron chi connectivity index (χ1n) is 30.2. The fourth-order valence-corrected chi connectivity index (χ4v) is 12.1. The number of aromatic amines is 1. The highest BCUT2D eigenvalue weighted by atomic mass is 32.2. The Balaban J connectivity index is 1.30. The molecule has 5 heterocycles. The third kappa shape index (κ3) is 21.0. The van der Waals surface area contributed by atoms with Crippen molar-refractivity contribution in [3.63, 3.8) is 0 Å². The topological polar surface area (TPSA) is 506 Å². The molecule has 1 unspecified atom stereocenters. The van der Waals surface area contributed by atoms with E-state index in [1.54, 1.807) is 18.7 Å². The molecular formula is C56H86N14O21S. The van der Waals surface area contributed by atoms with E-state index < -0.39 is 176 Å². The van der Waals surface area contributed by atoms with Gasteiger partial charge in [-0.05, 0) is 23.6 Å². The zero-order valence-corrected chi connectivity index (χ0v) is 52.3. The number of nitrogens with two attached hydrogens (primary N) is 2. The molecule has 0 aliphatic carbocycles. The summed E-state index contributed by atoms with van der Waals surface area (Å²) in [6.07, 6.45) is -4.73. The van der Waals surface area contributed by atoms with E-state index in [1.807, 2.05) is 4.90 Å². The van der Waals surface area contributed by atoms with Gasteiger partial charge in [0.1, 0.15) is 60.2 Å². The standard InChI is InChI=1S/C56H86N14O21S/c1-4-30(2)47-53(83)61-22-43(76)62-38-29-92(86)55-34(33-5-6-40(73)35(49(33)67-55)25-68-8-10-69(11-9-68)46(79)28-90-18-17-89-16-15-88-14-13-87-12-7-59-45(78)27-91-58)20-36(50(80)60-23-44(77)65-47)63-54(84)48(31(3)41(74)26-71)66-52(82)39-19-32(72)24-70(39)56(85)37(21-42(57)75)64-51(38)81/h5-6,30-32,36-39,41,47-48,67,71-74H,4,7-29,58H2,1-3H3,(H2,57,75)(H,59,78)(H,60,80)(H,61,83)(H,62,76)(H,63,84)(H,64,81)(H,65,77)(H,66,82)/t30-,31+,32+,36+,37-,38+,39-,41+,47-,48-,92?/m0/s1. The Kier molecular flexibility index (Phi) is 28.8. The van der Waals surface area contributed by atoms with Crippen LogP contribution in [0.4, 0.5) is 0 Å². The summed E-state index contributed by atoms with van der Waals surface area (Å²) >= 11 is 0. The minimum Gasteiger partial charge on any atom is -0.508 e. The number of hydrogen-bond acceptors (Lipinski definition) is 23. The molecule has 2 fully saturated rings. The van der Waals surface area contributed by atoms with Crippen molar-refractivity contribution < 1.29 is 101 Å². The van der Waals surface area contributed by atoms with E-state index in [1.165, 1.54) is 19.1 Å². The van der Waals surface area contributed by atoms with Crippen molar-refractivity contribution in [3.05, 3.63) is 23.3 Å². The lowest BCUT2D eigenvalue weighted by Gasteiger charge is -2.34. The minimum absolute atomic E-state index is 0.00422. The summed E-state index contributed by atoms with van der Waals surface area (Å²) in [5.41, 5.74) is 5.99. The number of carbonyl (C=O) groups excluding carboxylic acids is 11. The van der Waals surface area contributed by atoms with Crippen molar-refractivity contribution in [3.8, 4) is 5.75 Å². The number of fused-ring (bicyclic) bond motifs is 5. The van der Waals surface area contributed by atoms with Gasteiger partial charge in [0, 0.05) is 75.5 Å². The number of aliphatic hydroxyl groups is 3. The molecule has 92 heavy (non-hydrogen) atoms. The van der Waals surface area contributed by atoms with E-state index in [9.17, 15) is 73.2 Å². The number of nitrogens with zero attached hydrogens (tertiary/aromatic N) is 3. The number of hydrogen-bond donors (Lipinski definition) is 15. The molecule has 2 aromatic rings. The second kappa shape index (κ2) is 36.1. The molecule has 35 nitrogen and oxygen atoms in total. The molecule has 1 aromatic heterocycles. The number of phenolic OH excluding ortho intramolecular Hbond substituents is 1. The number of aromatic nitrogens is 1. The SMILES string of the molecule is CC[C@H](C)[C@@H]1NC(=O)CNC(=O)[C@H]2Cc3c([nH]c4c(CN5CCN(C(=O)COCCOCCOCCOCCNC(=O)CON)CC5)c(O)ccc34)S(=O)C[C@@H](NC(=O)CNC1=O)C(=O)N[C@@H](CC(N)=O)C(=O)N1C[C@H](O)C[C@H]1C(=O)N[C@@H]([C@H](C)[C@H](O)CO)C(=O)N2. The summed E-state index contributed by atoms with van der Waals surface area (Å²) < 4.78 is 37.2. The summed E-state index contributed by atoms with van der Waals surface area (Å²) in [4.78, 5) is 163. The third-order valence-corrected chi connectivity index (χ3v) is 17.5. The lowest BCUT2D eigenvalue weighted by atomic mass is 9.93. The Morgan fingerprint density at radius 1 is 0.772 bits per heavy atom. The van der Waals surface area contributed by atoms with Gasteiger partial charge in [0.05, 0.1) is 107 Å². The summed E-state index contributed by atoms with van der Waals surface area (Å²) in [5, 5.41) is 63.4. The predicted octanol–water partition coefficient (Wildman–Crippen LogP) is -8.20. The highest BCUT2D eigenvalue weighted by molar-refractivity contribution is 7.85. The summed E-state index contributed by atoms with van der Waals surface area (Å²) in [7, 11) is -2.52. The van der Waals surface area contributed by atoms with Gasteiger partial charge in [0.2, 0.25) is 65.0 Å². The van der Waals surface area contributed by atoms with Crippen LogP contribution in [0.3, 0.4) is 0 Å². The molecule has 0 spiro atoms. The molecule has 11 amide bonds. The minimum atomic E-state index is -2.52. The van der Waals surface area contributed by atoms with Gasteiger partial charge in [0.25, 0.3) is 0 Å². The molecule has 4 aliphatic heterocycles.